The van der Waals surface area contributed by atoms with Crippen molar-refractivity contribution in [2.75, 3.05) is 54.0 Å². The van der Waals surface area contributed by atoms with E-state index in [4.69, 9.17) is 0 Å². The summed E-state index contributed by atoms with van der Waals surface area (Å²) in [5, 5.41) is 0. The fourth-order valence-electron chi connectivity index (χ4n) is 5.06. The second-order valence-electron chi connectivity index (χ2n) is 11.2. The Labute approximate surface area is 257 Å². The molecule has 0 N–H and O–H groups in total. The van der Waals surface area contributed by atoms with Gasteiger partial charge in [-0.1, -0.05) is 53.1 Å². The highest BCUT2D eigenvalue weighted by Gasteiger charge is 2.21. The van der Waals surface area contributed by atoms with Gasteiger partial charge in [-0.2, -0.15) is 0 Å². The topological polar surface area (TPSA) is 22.7 Å². The molecule has 0 aromatic heterocycles. The molecule has 3 aliphatic rings. The predicted molar refractivity (Wildman–Crippen MR) is 175 cm³/mol. The quantitative estimate of drug-likeness (QED) is 0.260. The van der Waals surface area contributed by atoms with Crippen molar-refractivity contribution in [2.24, 2.45) is 0 Å². The summed E-state index contributed by atoms with van der Waals surface area (Å²) in [7, 11) is 0. The lowest BCUT2D eigenvalue weighted by molar-refractivity contribution is 0.219. The number of hydrogen-bond acceptors (Lipinski definition) is 7. The van der Waals surface area contributed by atoms with Gasteiger partial charge in [-0.05, 0) is 57.2 Å². The molecule has 3 aliphatic heterocycles. The molecule has 0 amide bonds. The van der Waals surface area contributed by atoms with Crippen LogP contribution < -0.4 is 14.7 Å². The van der Waals surface area contributed by atoms with E-state index in [2.05, 4.69) is 185 Å². The van der Waals surface area contributed by atoms with Crippen molar-refractivity contribution in [2.45, 2.75) is 20.8 Å². The van der Waals surface area contributed by atoms with E-state index in [0.717, 1.165) is 56.3 Å². The largest absolute Gasteiger partial charge is 0.345 e. The normalized spacial score (nSPS) is 16.2. The molecule has 3 aromatic carbocycles. The van der Waals surface area contributed by atoms with E-state index in [1.165, 1.54) is 16.7 Å². The minimum atomic E-state index is 0.858. The first-order chi connectivity index (χ1) is 21.0. The lowest BCUT2D eigenvalue weighted by atomic mass is 10.2. The first kappa shape index (κ1) is 28.7. The van der Waals surface area contributed by atoms with Crippen molar-refractivity contribution in [1.29, 1.82) is 0 Å². The van der Waals surface area contributed by atoms with Gasteiger partial charge in [-0.3, -0.25) is 4.90 Å². The second kappa shape index (κ2) is 13.3. The molecule has 218 valence electrons. The van der Waals surface area contributed by atoms with Gasteiger partial charge in [0.15, 0.2) is 0 Å². The standard InChI is InChI=1S/C36H39N7/c1-31-4-10-34(11-5-31)41-25-22-38(28-41)19-16-37(17-20-39-23-26-42(29-39)35-12-6-32(2)7-13-35)18-21-40-24-27-43(30-40)36-14-8-33(3)9-15-36/h4-15,22-27H,16-21H2,1-3H3. The first-order valence-electron chi connectivity index (χ1n) is 14.9. The molecule has 0 saturated carbocycles. The van der Waals surface area contributed by atoms with E-state index in [0.29, 0.717) is 0 Å². The van der Waals surface area contributed by atoms with Crippen molar-refractivity contribution in [3.8, 4) is 0 Å². The summed E-state index contributed by atoms with van der Waals surface area (Å²) < 4.78 is 0. The van der Waals surface area contributed by atoms with Gasteiger partial charge in [0, 0.05) is 93.5 Å². The van der Waals surface area contributed by atoms with Crippen LogP contribution in [0.2, 0.25) is 0 Å². The number of anilines is 3. The van der Waals surface area contributed by atoms with Crippen molar-refractivity contribution < 1.29 is 0 Å². The molecular formula is C36H39N7. The Morgan fingerprint density at radius 3 is 0.977 bits per heavy atom. The highest BCUT2D eigenvalue weighted by molar-refractivity contribution is 5.55. The molecule has 6 radical (unpaired) electrons. The Hall–Kier alpha value is -4.36. The summed E-state index contributed by atoms with van der Waals surface area (Å²) in [6, 6.07) is 25.6. The number of nitrogens with zero attached hydrogens (tertiary/aromatic N) is 7. The third-order valence-corrected chi connectivity index (χ3v) is 7.80. The minimum absolute atomic E-state index is 0.858. The highest BCUT2D eigenvalue weighted by Crippen LogP contribution is 2.25. The van der Waals surface area contributed by atoms with Crippen LogP contribution in [0.25, 0.3) is 0 Å². The molecule has 0 bridgehead atoms. The lowest BCUT2D eigenvalue weighted by Gasteiger charge is -2.29. The third-order valence-electron chi connectivity index (χ3n) is 7.80. The van der Waals surface area contributed by atoms with Gasteiger partial charge in [0.05, 0.1) is 0 Å². The number of aryl methyl sites for hydroxylation is 3. The molecule has 0 spiro atoms. The predicted octanol–water partition coefficient (Wildman–Crippen LogP) is 6.08. The van der Waals surface area contributed by atoms with Crippen LogP contribution in [0.1, 0.15) is 16.7 Å². The van der Waals surface area contributed by atoms with Crippen molar-refractivity contribution >= 4 is 17.1 Å². The van der Waals surface area contributed by atoms with E-state index in [9.17, 15) is 0 Å². The Balaban J connectivity index is 1.02. The van der Waals surface area contributed by atoms with E-state index < -0.39 is 0 Å². The fourth-order valence-corrected chi connectivity index (χ4v) is 5.06. The number of benzene rings is 3. The lowest BCUT2D eigenvalue weighted by Crippen LogP contribution is -2.40. The zero-order chi connectivity index (χ0) is 29.6. The zero-order valence-electron chi connectivity index (χ0n) is 25.3. The van der Waals surface area contributed by atoms with Crippen LogP contribution >= 0.6 is 0 Å². The van der Waals surface area contributed by atoms with Crippen molar-refractivity contribution in [3.63, 3.8) is 0 Å². The minimum Gasteiger partial charge on any atom is -0.345 e. The summed E-state index contributed by atoms with van der Waals surface area (Å²) in [6.07, 6.45) is 12.5. The fraction of sp³-hybridized carbons (Fsp3) is 0.250. The zero-order valence-corrected chi connectivity index (χ0v) is 25.3. The molecule has 0 atom stereocenters. The Kier molecular flexibility index (Phi) is 8.89. The first-order valence-corrected chi connectivity index (χ1v) is 14.9. The van der Waals surface area contributed by atoms with Crippen LogP contribution in [0.5, 0.6) is 0 Å². The molecule has 7 heteroatoms. The maximum absolute atomic E-state index is 3.48. The summed E-state index contributed by atoms with van der Waals surface area (Å²) in [6.45, 7) is 22.1. The number of rotatable bonds is 12. The molecular weight excluding hydrogens is 530 g/mol. The van der Waals surface area contributed by atoms with Crippen LogP contribution in [0.15, 0.2) is 110 Å². The Bertz CT molecular complexity index is 1240. The average molecular weight is 570 g/mol. The van der Waals surface area contributed by atoms with Gasteiger partial charge in [-0.15, -0.1) is 0 Å². The van der Waals surface area contributed by atoms with Crippen LogP contribution in [-0.4, -0.2) is 58.9 Å². The molecule has 0 aliphatic carbocycles. The molecule has 0 fully saturated rings. The van der Waals surface area contributed by atoms with E-state index in [1.54, 1.807) is 0 Å². The third kappa shape index (κ3) is 7.54. The molecule has 0 saturated heterocycles. The molecule has 6 rings (SSSR count). The van der Waals surface area contributed by atoms with Gasteiger partial charge >= 0.3 is 0 Å². The molecule has 3 heterocycles. The van der Waals surface area contributed by atoms with Gasteiger partial charge in [0.25, 0.3) is 0 Å². The summed E-state index contributed by atoms with van der Waals surface area (Å²) in [5.41, 5.74) is 7.14. The van der Waals surface area contributed by atoms with Crippen LogP contribution in [0.3, 0.4) is 0 Å². The summed E-state index contributed by atoms with van der Waals surface area (Å²) >= 11 is 0. The number of hydrogen-bond donors (Lipinski definition) is 0. The molecule has 3 aromatic rings. The van der Waals surface area contributed by atoms with Gasteiger partial charge in [0.2, 0.25) is 20.0 Å². The van der Waals surface area contributed by atoms with Gasteiger partial charge < -0.3 is 29.4 Å². The SMILES string of the molecule is Cc1ccc(N2[C]N(CCN(CCN3[C]N(c4ccc(C)cc4)C=C3)CCN3[C]N(c4ccc(C)cc4)C=C3)C=C2)cc1. The molecule has 7 nitrogen and oxygen atoms in total. The monoisotopic (exact) mass is 569 g/mol. The van der Waals surface area contributed by atoms with Crippen molar-refractivity contribution in [3.05, 3.63) is 147 Å². The average Bonchev–Trinajstić information content (AvgIpc) is 3.80. The van der Waals surface area contributed by atoms with Gasteiger partial charge in [0.1, 0.15) is 0 Å². The van der Waals surface area contributed by atoms with E-state index >= 15 is 0 Å². The van der Waals surface area contributed by atoms with E-state index in [-0.39, 0.29) is 0 Å². The maximum atomic E-state index is 3.48. The van der Waals surface area contributed by atoms with Crippen LogP contribution in [0.4, 0.5) is 17.1 Å². The van der Waals surface area contributed by atoms with Gasteiger partial charge in [-0.25, -0.2) is 0 Å². The van der Waals surface area contributed by atoms with Crippen LogP contribution in [0, 0.1) is 40.8 Å². The maximum Gasteiger partial charge on any atom is 0.212 e. The molecule has 43 heavy (non-hydrogen) atoms. The van der Waals surface area contributed by atoms with Crippen LogP contribution in [-0.2, 0) is 0 Å². The highest BCUT2D eigenvalue weighted by atomic mass is 15.4. The molecule has 0 unspecified atom stereocenters. The van der Waals surface area contributed by atoms with E-state index in [1.807, 2.05) is 0 Å². The van der Waals surface area contributed by atoms with Crippen molar-refractivity contribution in [1.82, 2.24) is 19.6 Å². The summed E-state index contributed by atoms with van der Waals surface area (Å²) in [4.78, 5) is 15.1. The Morgan fingerprint density at radius 1 is 0.419 bits per heavy atom. The smallest absolute Gasteiger partial charge is 0.212 e. The second-order valence-corrected chi connectivity index (χ2v) is 11.2. The Morgan fingerprint density at radius 2 is 0.698 bits per heavy atom. The summed E-state index contributed by atoms with van der Waals surface area (Å²) in [5.74, 6) is 0.